The number of alkyl halides is 3. The fourth-order valence-corrected chi connectivity index (χ4v) is 0.776. The van der Waals surface area contributed by atoms with Gasteiger partial charge in [0.1, 0.15) is 5.69 Å². The van der Waals surface area contributed by atoms with Crippen molar-refractivity contribution in [1.82, 2.24) is 9.88 Å². The van der Waals surface area contributed by atoms with Crippen molar-refractivity contribution in [1.29, 1.82) is 0 Å². The predicted molar refractivity (Wildman–Crippen MR) is 42.4 cm³/mol. The summed E-state index contributed by atoms with van der Waals surface area (Å²) in [4.78, 5) is 14.3. The number of aromatic nitrogens is 1. The summed E-state index contributed by atoms with van der Waals surface area (Å²) < 4.78 is 36.2. The average molecular weight is 204 g/mol. The molecule has 0 unspecified atom stereocenters. The highest BCUT2D eigenvalue weighted by molar-refractivity contribution is 5.92. The molecular formula is C8H7F3N2O. The number of hydrogen-bond acceptors (Lipinski definition) is 2. The van der Waals surface area contributed by atoms with Crippen molar-refractivity contribution in [2.75, 3.05) is 7.05 Å². The molecule has 0 fully saturated rings. The molecule has 1 aromatic heterocycles. The Morgan fingerprint density at radius 3 is 2.50 bits per heavy atom. The van der Waals surface area contributed by atoms with Crippen LogP contribution in [0.1, 0.15) is 10.5 Å². The van der Waals surface area contributed by atoms with E-state index in [1.807, 2.05) is 0 Å². The lowest BCUT2D eigenvalue weighted by Gasteiger charge is -2.19. The second-order valence-corrected chi connectivity index (χ2v) is 2.55. The Morgan fingerprint density at radius 2 is 2.07 bits per heavy atom. The van der Waals surface area contributed by atoms with Crippen molar-refractivity contribution in [2.45, 2.75) is 6.30 Å². The van der Waals surface area contributed by atoms with Crippen LogP contribution >= 0.6 is 0 Å². The summed E-state index contributed by atoms with van der Waals surface area (Å²) in [6, 6.07) is 4.19. The molecule has 0 saturated heterocycles. The molecule has 1 amide bonds. The van der Waals surface area contributed by atoms with E-state index in [2.05, 4.69) is 4.98 Å². The second kappa shape index (κ2) is 3.65. The van der Waals surface area contributed by atoms with E-state index < -0.39 is 12.2 Å². The standard InChI is InChI=1S/C8H7F3N2O/c1-13(8(9,10)11)7(14)6-4-2-3-5-12-6/h2-5H,1H3. The highest BCUT2D eigenvalue weighted by Crippen LogP contribution is 2.20. The molecule has 76 valence electrons. The van der Waals surface area contributed by atoms with E-state index in [1.165, 1.54) is 24.4 Å². The fourth-order valence-electron chi connectivity index (χ4n) is 0.776. The van der Waals surface area contributed by atoms with E-state index in [0.29, 0.717) is 7.05 Å². The molecule has 0 atom stereocenters. The molecule has 1 rings (SSSR count). The molecule has 0 radical (unpaired) electrons. The maximum atomic E-state index is 12.1. The van der Waals surface area contributed by atoms with E-state index in [-0.39, 0.29) is 10.6 Å². The summed E-state index contributed by atoms with van der Waals surface area (Å²) in [7, 11) is 0.664. The number of halogens is 3. The zero-order chi connectivity index (χ0) is 10.8. The third-order valence-electron chi connectivity index (χ3n) is 1.57. The number of rotatable bonds is 1. The number of carbonyl (C=O) groups excluding carboxylic acids is 1. The van der Waals surface area contributed by atoms with Crippen LogP contribution in [0.3, 0.4) is 0 Å². The van der Waals surface area contributed by atoms with Gasteiger partial charge in [-0.1, -0.05) is 6.07 Å². The van der Waals surface area contributed by atoms with Gasteiger partial charge in [0.2, 0.25) is 0 Å². The van der Waals surface area contributed by atoms with Crippen molar-refractivity contribution in [3.8, 4) is 0 Å². The largest absolute Gasteiger partial charge is 0.487 e. The van der Waals surface area contributed by atoms with Crippen molar-refractivity contribution < 1.29 is 18.0 Å². The first-order valence-electron chi connectivity index (χ1n) is 3.69. The van der Waals surface area contributed by atoms with E-state index in [0.717, 1.165) is 0 Å². The van der Waals surface area contributed by atoms with Crippen LogP contribution in [0.2, 0.25) is 0 Å². The van der Waals surface area contributed by atoms with Gasteiger partial charge in [-0.25, -0.2) is 0 Å². The average Bonchev–Trinajstić information content (AvgIpc) is 2.15. The third kappa shape index (κ3) is 2.21. The molecule has 6 heteroatoms. The Kier molecular flexibility index (Phi) is 2.73. The minimum absolute atomic E-state index is 0.229. The fraction of sp³-hybridized carbons (Fsp3) is 0.250. The lowest BCUT2D eigenvalue weighted by atomic mass is 10.3. The summed E-state index contributed by atoms with van der Waals surface area (Å²) in [5, 5.41) is 0. The lowest BCUT2D eigenvalue weighted by Crippen LogP contribution is -2.39. The third-order valence-corrected chi connectivity index (χ3v) is 1.57. The SMILES string of the molecule is CN(C(=O)c1ccccn1)C(F)(F)F. The van der Waals surface area contributed by atoms with Gasteiger partial charge in [0, 0.05) is 13.2 Å². The maximum absolute atomic E-state index is 12.1. The van der Waals surface area contributed by atoms with E-state index in [9.17, 15) is 18.0 Å². The van der Waals surface area contributed by atoms with Gasteiger partial charge in [-0.2, -0.15) is 0 Å². The van der Waals surface area contributed by atoms with Crippen LogP contribution in [0.4, 0.5) is 13.2 Å². The van der Waals surface area contributed by atoms with Crippen molar-refractivity contribution in [3.63, 3.8) is 0 Å². The van der Waals surface area contributed by atoms with Crippen molar-refractivity contribution in [3.05, 3.63) is 30.1 Å². The van der Waals surface area contributed by atoms with Gasteiger partial charge in [0.15, 0.2) is 0 Å². The Bertz CT molecular complexity index is 323. The summed E-state index contributed by atoms with van der Waals surface area (Å²) in [5.41, 5.74) is -0.229. The first kappa shape index (κ1) is 10.5. The van der Waals surface area contributed by atoms with Gasteiger partial charge < -0.3 is 0 Å². The normalized spacial score (nSPS) is 11.1. The molecule has 0 aliphatic heterocycles. The summed E-state index contributed by atoms with van der Waals surface area (Å²) in [5.74, 6) is -1.17. The monoisotopic (exact) mass is 204 g/mol. The second-order valence-electron chi connectivity index (χ2n) is 2.55. The highest BCUT2D eigenvalue weighted by atomic mass is 19.4. The zero-order valence-electron chi connectivity index (χ0n) is 7.25. The maximum Gasteiger partial charge on any atom is 0.487 e. The summed E-state index contributed by atoms with van der Waals surface area (Å²) in [6.07, 6.45) is -3.41. The topological polar surface area (TPSA) is 33.2 Å². The van der Waals surface area contributed by atoms with Crippen LogP contribution < -0.4 is 0 Å². The molecule has 0 aliphatic rings. The van der Waals surface area contributed by atoms with Crippen LogP contribution in [-0.4, -0.2) is 29.1 Å². The number of pyridine rings is 1. The Balaban J connectivity index is 2.87. The number of carbonyl (C=O) groups is 1. The number of nitrogens with zero attached hydrogens (tertiary/aromatic N) is 2. The first-order valence-corrected chi connectivity index (χ1v) is 3.69. The van der Waals surface area contributed by atoms with E-state index >= 15 is 0 Å². The van der Waals surface area contributed by atoms with Crippen LogP contribution in [0.15, 0.2) is 24.4 Å². The predicted octanol–water partition coefficient (Wildman–Crippen LogP) is 1.67. The molecule has 3 nitrogen and oxygen atoms in total. The zero-order valence-corrected chi connectivity index (χ0v) is 7.25. The molecule has 1 aromatic rings. The molecule has 0 aromatic carbocycles. The van der Waals surface area contributed by atoms with E-state index in [1.54, 1.807) is 0 Å². The minimum atomic E-state index is -4.67. The minimum Gasteiger partial charge on any atom is -0.267 e. The molecule has 0 aliphatic carbocycles. The number of hydrogen-bond donors (Lipinski definition) is 0. The Hall–Kier alpha value is -1.59. The van der Waals surface area contributed by atoms with Crippen LogP contribution in [0.25, 0.3) is 0 Å². The first-order chi connectivity index (χ1) is 6.43. The highest BCUT2D eigenvalue weighted by Gasteiger charge is 2.38. The molecular weight excluding hydrogens is 197 g/mol. The van der Waals surface area contributed by atoms with Crippen molar-refractivity contribution >= 4 is 5.91 Å². The smallest absolute Gasteiger partial charge is 0.267 e. The molecule has 0 N–H and O–H groups in total. The quantitative estimate of drug-likeness (QED) is 0.652. The van der Waals surface area contributed by atoms with Gasteiger partial charge in [-0.3, -0.25) is 14.7 Å². The molecule has 0 spiro atoms. The van der Waals surface area contributed by atoms with Gasteiger partial charge in [-0.15, -0.1) is 13.2 Å². The molecule has 0 saturated carbocycles. The van der Waals surface area contributed by atoms with Crippen LogP contribution in [0.5, 0.6) is 0 Å². The summed E-state index contributed by atoms with van der Waals surface area (Å²) >= 11 is 0. The summed E-state index contributed by atoms with van der Waals surface area (Å²) in [6.45, 7) is 0. The van der Waals surface area contributed by atoms with E-state index in [4.69, 9.17) is 0 Å². The number of amides is 1. The van der Waals surface area contributed by atoms with Gasteiger partial charge >= 0.3 is 6.30 Å². The lowest BCUT2D eigenvalue weighted by molar-refractivity contribution is -0.216. The van der Waals surface area contributed by atoms with Crippen molar-refractivity contribution in [2.24, 2.45) is 0 Å². The van der Waals surface area contributed by atoms with Gasteiger partial charge in [0.05, 0.1) is 0 Å². The molecule has 1 heterocycles. The Labute approximate surface area is 78.2 Å². The molecule has 14 heavy (non-hydrogen) atoms. The van der Waals surface area contributed by atoms with Gasteiger partial charge in [0.25, 0.3) is 5.91 Å². The van der Waals surface area contributed by atoms with Crippen LogP contribution in [-0.2, 0) is 0 Å². The van der Waals surface area contributed by atoms with Gasteiger partial charge in [-0.05, 0) is 12.1 Å². The van der Waals surface area contributed by atoms with Crippen LogP contribution in [0, 0.1) is 0 Å². The Morgan fingerprint density at radius 1 is 1.43 bits per heavy atom. The molecule has 0 bridgehead atoms.